The Hall–Kier alpha value is -3.17. The lowest BCUT2D eigenvalue weighted by molar-refractivity contribution is -0.157. The highest BCUT2D eigenvalue weighted by molar-refractivity contribution is 5.83. The topological polar surface area (TPSA) is 93.6 Å². The van der Waals surface area contributed by atoms with Crippen molar-refractivity contribution in [2.45, 2.75) is 20.0 Å². The lowest BCUT2D eigenvalue weighted by atomic mass is 10.1. The number of benzene rings is 1. The van der Waals surface area contributed by atoms with Crippen molar-refractivity contribution in [3.8, 4) is 23.0 Å². The Morgan fingerprint density at radius 3 is 2.64 bits per heavy atom. The fourth-order valence-electron chi connectivity index (χ4n) is 2.51. The molecule has 0 amide bonds. The van der Waals surface area contributed by atoms with Crippen molar-refractivity contribution in [3.63, 3.8) is 0 Å². The Morgan fingerprint density at radius 1 is 1.12 bits per heavy atom. The third-order valence-electron chi connectivity index (χ3n) is 3.64. The van der Waals surface area contributed by atoms with E-state index >= 15 is 0 Å². The van der Waals surface area contributed by atoms with Gasteiger partial charge in [0.1, 0.15) is 5.76 Å². The Balaban J connectivity index is 1.76. The maximum atomic E-state index is 12.7. The summed E-state index contributed by atoms with van der Waals surface area (Å²) in [7, 11) is 0. The molecular formula is C15H10F3N5O2. The van der Waals surface area contributed by atoms with Crippen LogP contribution in [0.15, 0.2) is 27.4 Å². The molecule has 25 heavy (non-hydrogen) atoms. The molecular weight excluding hydrogens is 339 g/mol. The molecule has 0 saturated carbocycles. The van der Waals surface area contributed by atoms with Crippen molar-refractivity contribution in [1.29, 1.82) is 0 Å². The zero-order valence-electron chi connectivity index (χ0n) is 13.0. The number of oxazole rings is 1. The van der Waals surface area contributed by atoms with Gasteiger partial charge in [0, 0.05) is 5.56 Å². The SMILES string of the molecule is Cc1oc(C(F)(F)F)nc1-c1nc(-c2cc(C)c3nc[nH]c3c2)no1. The average Bonchev–Trinajstić information content (AvgIpc) is 3.23. The van der Waals surface area contributed by atoms with Crippen LogP contribution in [0, 0.1) is 13.8 Å². The minimum absolute atomic E-state index is 0.0530. The van der Waals surface area contributed by atoms with Gasteiger partial charge in [-0.15, -0.1) is 0 Å². The van der Waals surface area contributed by atoms with Gasteiger partial charge in [0.15, 0.2) is 5.69 Å². The highest BCUT2D eigenvalue weighted by Crippen LogP contribution is 2.33. The molecule has 3 heterocycles. The van der Waals surface area contributed by atoms with Crippen LogP contribution in [0.1, 0.15) is 17.2 Å². The molecule has 4 aromatic rings. The van der Waals surface area contributed by atoms with Crippen LogP contribution >= 0.6 is 0 Å². The van der Waals surface area contributed by atoms with Gasteiger partial charge in [-0.05, 0) is 31.5 Å². The van der Waals surface area contributed by atoms with E-state index in [0.717, 1.165) is 16.6 Å². The van der Waals surface area contributed by atoms with E-state index in [-0.39, 0.29) is 23.2 Å². The van der Waals surface area contributed by atoms with Crippen molar-refractivity contribution < 1.29 is 22.1 Å². The molecule has 7 nitrogen and oxygen atoms in total. The predicted octanol–water partition coefficient (Wildman–Crippen LogP) is 3.90. The smallest absolute Gasteiger partial charge is 0.437 e. The molecule has 1 N–H and O–H groups in total. The summed E-state index contributed by atoms with van der Waals surface area (Å²) in [5, 5.41) is 3.82. The summed E-state index contributed by atoms with van der Waals surface area (Å²) >= 11 is 0. The molecule has 10 heteroatoms. The first-order chi connectivity index (χ1) is 11.8. The second kappa shape index (κ2) is 5.16. The van der Waals surface area contributed by atoms with Gasteiger partial charge >= 0.3 is 12.1 Å². The Kier molecular flexibility index (Phi) is 3.17. The molecule has 0 aliphatic rings. The molecule has 4 rings (SSSR count). The van der Waals surface area contributed by atoms with E-state index in [4.69, 9.17) is 4.52 Å². The van der Waals surface area contributed by atoms with Crippen LogP contribution in [0.5, 0.6) is 0 Å². The largest absolute Gasteiger partial charge is 0.468 e. The van der Waals surface area contributed by atoms with Crippen LogP contribution in [0.3, 0.4) is 0 Å². The first-order valence-electron chi connectivity index (χ1n) is 7.16. The minimum Gasteiger partial charge on any atom is -0.437 e. The number of rotatable bonds is 2. The number of nitrogens with zero attached hydrogens (tertiary/aromatic N) is 4. The Morgan fingerprint density at radius 2 is 1.92 bits per heavy atom. The summed E-state index contributed by atoms with van der Waals surface area (Å²) in [5.74, 6) is -1.32. The summed E-state index contributed by atoms with van der Waals surface area (Å²) in [6.45, 7) is 3.23. The van der Waals surface area contributed by atoms with Crippen LogP contribution < -0.4 is 0 Å². The number of nitrogens with one attached hydrogen (secondary N) is 1. The molecule has 0 fully saturated rings. The quantitative estimate of drug-likeness (QED) is 0.590. The third-order valence-corrected chi connectivity index (χ3v) is 3.64. The summed E-state index contributed by atoms with van der Waals surface area (Å²) in [6.07, 6.45) is -3.12. The molecule has 3 aromatic heterocycles. The number of aryl methyl sites for hydroxylation is 2. The highest BCUT2D eigenvalue weighted by atomic mass is 19.4. The van der Waals surface area contributed by atoms with Crippen LogP contribution in [-0.2, 0) is 6.18 Å². The van der Waals surface area contributed by atoms with Crippen molar-refractivity contribution in [1.82, 2.24) is 25.1 Å². The van der Waals surface area contributed by atoms with Gasteiger partial charge in [-0.25, -0.2) is 9.97 Å². The molecule has 0 aliphatic carbocycles. The number of hydrogen-bond acceptors (Lipinski definition) is 6. The van der Waals surface area contributed by atoms with E-state index in [0.29, 0.717) is 5.56 Å². The molecule has 0 spiro atoms. The zero-order chi connectivity index (χ0) is 17.8. The molecule has 0 aliphatic heterocycles. The number of H-pyrrole nitrogens is 1. The van der Waals surface area contributed by atoms with Crippen molar-refractivity contribution in [2.24, 2.45) is 0 Å². The molecule has 0 atom stereocenters. The molecule has 0 radical (unpaired) electrons. The Labute approximate surface area is 137 Å². The van der Waals surface area contributed by atoms with Gasteiger partial charge < -0.3 is 13.9 Å². The second-order valence-corrected chi connectivity index (χ2v) is 5.44. The van der Waals surface area contributed by atoms with E-state index in [2.05, 4.69) is 29.5 Å². The van der Waals surface area contributed by atoms with E-state index in [1.165, 1.54) is 6.92 Å². The first-order valence-corrected chi connectivity index (χ1v) is 7.16. The van der Waals surface area contributed by atoms with E-state index in [1.54, 1.807) is 12.4 Å². The van der Waals surface area contributed by atoms with Crippen LogP contribution in [0.4, 0.5) is 13.2 Å². The third kappa shape index (κ3) is 2.55. The maximum Gasteiger partial charge on any atom is 0.468 e. The highest BCUT2D eigenvalue weighted by Gasteiger charge is 2.39. The van der Waals surface area contributed by atoms with E-state index < -0.39 is 12.1 Å². The van der Waals surface area contributed by atoms with Gasteiger partial charge in [-0.3, -0.25) is 0 Å². The zero-order valence-corrected chi connectivity index (χ0v) is 13.0. The van der Waals surface area contributed by atoms with Crippen molar-refractivity contribution >= 4 is 11.0 Å². The van der Waals surface area contributed by atoms with Gasteiger partial charge in [-0.1, -0.05) is 5.16 Å². The summed E-state index contributed by atoms with van der Waals surface area (Å²) in [6, 6.07) is 3.59. The first kappa shape index (κ1) is 15.4. The Bertz CT molecular complexity index is 1080. The van der Waals surface area contributed by atoms with E-state index in [9.17, 15) is 13.2 Å². The van der Waals surface area contributed by atoms with E-state index in [1.807, 2.05) is 13.0 Å². The number of aromatic amines is 1. The van der Waals surface area contributed by atoms with Gasteiger partial charge in [0.05, 0.1) is 17.4 Å². The number of alkyl halides is 3. The molecule has 0 bridgehead atoms. The summed E-state index contributed by atoms with van der Waals surface area (Å²) in [5.41, 5.74) is 3.01. The molecule has 128 valence electrons. The minimum atomic E-state index is -4.69. The summed E-state index contributed by atoms with van der Waals surface area (Å²) in [4.78, 5) is 14.7. The lowest BCUT2D eigenvalue weighted by Crippen LogP contribution is -2.04. The fourth-order valence-corrected chi connectivity index (χ4v) is 2.51. The number of imidazole rings is 1. The summed E-state index contributed by atoms with van der Waals surface area (Å²) < 4.78 is 47.8. The fraction of sp³-hybridized carbons (Fsp3) is 0.200. The second-order valence-electron chi connectivity index (χ2n) is 5.44. The maximum absolute atomic E-state index is 12.7. The molecule has 1 aromatic carbocycles. The normalized spacial score (nSPS) is 12.2. The van der Waals surface area contributed by atoms with Gasteiger partial charge in [0.2, 0.25) is 5.82 Å². The number of halogens is 3. The van der Waals surface area contributed by atoms with Crippen LogP contribution in [0.2, 0.25) is 0 Å². The van der Waals surface area contributed by atoms with Crippen LogP contribution in [-0.4, -0.2) is 25.1 Å². The molecule has 0 unspecified atom stereocenters. The van der Waals surface area contributed by atoms with Crippen LogP contribution in [0.25, 0.3) is 34.0 Å². The number of aromatic nitrogens is 5. The lowest BCUT2D eigenvalue weighted by Gasteiger charge is -1.98. The predicted molar refractivity (Wildman–Crippen MR) is 79.4 cm³/mol. The molecule has 0 saturated heterocycles. The number of hydrogen-bond donors (Lipinski definition) is 1. The standard InChI is InChI=1S/C15H10F3N5O2/c1-6-3-8(4-9-10(6)20-5-19-9)12-22-13(25-23-12)11-7(2)24-14(21-11)15(16,17)18/h3-5H,1-2H3,(H,19,20). The average molecular weight is 349 g/mol. The monoisotopic (exact) mass is 349 g/mol. The van der Waals surface area contributed by atoms with Crippen molar-refractivity contribution in [3.05, 3.63) is 35.7 Å². The van der Waals surface area contributed by atoms with Gasteiger partial charge in [0.25, 0.3) is 5.89 Å². The van der Waals surface area contributed by atoms with Gasteiger partial charge in [-0.2, -0.15) is 18.2 Å². The number of fused-ring (bicyclic) bond motifs is 1. The van der Waals surface area contributed by atoms with Crippen molar-refractivity contribution in [2.75, 3.05) is 0 Å².